The van der Waals surface area contributed by atoms with Crippen LogP contribution in [0, 0.1) is 5.92 Å². The van der Waals surface area contributed by atoms with Gasteiger partial charge in [-0.3, -0.25) is 0 Å². The van der Waals surface area contributed by atoms with Gasteiger partial charge in [-0.15, -0.1) is 0 Å². The fourth-order valence-corrected chi connectivity index (χ4v) is 2.35. The van der Waals surface area contributed by atoms with Crippen molar-refractivity contribution < 1.29 is 4.74 Å². The van der Waals surface area contributed by atoms with E-state index in [0.717, 1.165) is 26.3 Å². The third kappa shape index (κ3) is 3.87. The van der Waals surface area contributed by atoms with Gasteiger partial charge in [0.15, 0.2) is 0 Å². The molecule has 1 heterocycles. The van der Waals surface area contributed by atoms with Crippen LogP contribution in [0.4, 0.5) is 11.4 Å². The molecule has 1 aromatic carbocycles. The molecule has 2 unspecified atom stereocenters. The molecule has 0 aromatic heterocycles. The van der Waals surface area contributed by atoms with Gasteiger partial charge in [0, 0.05) is 30.5 Å². The highest BCUT2D eigenvalue weighted by Crippen LogP contribution is 2.21. The smallest absolute Gasteiger partial charge is 0.0642 e. The molecule has 1 N–H and O–H groups in total. The number of nitrogens with one attached hydrogen (secondary N) is 1. The normalized spacial score (nSPS) is 19.0. The maximum Gasteiger partial charge on any atom is 0.0642 e. The van der Waals surface area contributed by atoms with E-state index in [1.54, 1.807) is 0 Å². The SMILES string of the molecule is CCC(C)C(C)Nc1ccc(N2CCOCC2)cc1. The average Bonchev–Trinajstić information content (AvgIpc) is 2.48. The molecule has 1 saturated heterocycles. The van der Waals surface area contributed by atoms with Gasteiger partial charge in [-0.1, -0.05) is 20.3 Å². The lowest BCUT2D eigenvalue weighted by Gasteiger charge is -2.29. The molecule has 0 spiro atoms. The van der Waals surface area contributed by atoms with Crippen molar-refractivity contribution in [3.05, 3.63) is 24.3 Å². The van der Waals surface area contributed by atoms with Crippen LogP contribution in [0.3, 0.4) is 0 Å². The Hall–Kier alpha value is -1.22. The lowest BCUT2D eigenvalue weighted by atomic mass is 10.0. The van der Waals surface area contributed by atoms with E-state index in [9.17, 15) is 0 Å². The van der Waals surface area contributed by atoms with Crippen LogP contribution in [0.25, 0.3) is 0 Å². The number of hydrogen-bond donors (Lipinski definition) is 1. The molecule has 1 aliphatic rings. The topological polar surface area (TPSA) is 24.5 Å². The van der Waals surface area contributed by atoms with E-state index < -0.39 is 0 Å². The molecule has 1 aromatic rings. The van der Waals surface area contributed by atoms with Crippen molar-refractivity contribution in [1.82, 2.24) is 0 Å². The minimum atomic E-state index is 0.513. The standard InChI is InChI=1S/C16H26N2O/c1-4-13(2)14(3)17-15-5-7-16(8-6-15)18-9-11-19-12-10-18/h5-8,13-14,17H,4,9-12H2,1-3H3. The highest BCUT2D eigenvalue weighted by molar-refractivity contribution is 5.55. The van der Waals surface area contributed by atoms with Gasteiger partial charge in [-0.2, -0.15) is 0 Å². The molecule has 106 valence electrons. The van der Waals surface area contributed by atoms with Crippen LogP contribution >= 0.6 is 0 Å². The Bertz CT molecular complexity index is 371. The Morgan fingerprint density at radius 2 is 1.79 bits per heavy atom. The maximum absolute atomic E-state index is 5.38. The molecular weight excluding hydrogens is 236 g/mol. The van der Waals surface area contributed by atoms with Gasteiger partial charge in [0.25, 0.3) is 0 Å². The van der Waals surface area contributed by atoms with Crippen molar-refractivity contribution in [2.45, 2.75) is 33.2 Å². The second-order valence-corrected chi connectivity index (χ2v) is 5.46. The molecule has 0 amide bonds. The van der Waals surface area contributed by atoms with Gasteiger partial charge in [-0.05, 0) is 37.1 Å². The van der Waals surface area contributed by atoms with E-state index in [1.807, 2.05) is 0 Å². The number of hydrogen-bond acceptors (Lipinski definition) is 3. The summed E-state index contributed by atoms with van der Waals surface area (Å²) in [4.78, 5) is 2.38. The predicted octanol–water partition coefficient (Wildman–Crippen LogP) is 3.37. The fourth-order valence-electron chi connectivity index (χ4n) is 2.35. The largest absolute Gasteiger partial charge is 0.382 e. The second-order valence-electron chi connectivity index (χ2n) is 5.46. The van der Waals surface area contributed by atoms with Crippen LogP contribution < -0.4 is 10.2 Å². The minimum absolute atomic E-state index is 0.513. The molecule has 3 heteroatoms. The van der Waals surface area contributed by atoms with Crippen molar-refractivity contribution in [2.75, 3.05) is 36.5 Å². The van der Waals surface area contributed by atoms with Crippen molar-refractivity contribution >= 4 is 11.4 Å². The van der Waals surface area contributed by atoms with Crippen LogP contribution in [-0.2, 0) is 4.74 Å². The first-order valence-corrected chi connectivity index (χ1v) is 7.40. The summed E-state index contributed by atoms with van der Waals surface area (Å²) in [6.45, 7) is 10.5. The summed E-state index contributed by atoms with van der Waals surface area (Å²) < 4.78 is 5.38. The molecule has 1 aliphatic heterocycles. The first-order chi connectivity index (χ1) is 9.20. The quantitative estimate of drug-likeness (QED) is 0.880. The molecule has 2 rings (SSSR count). The van der Waals surface area contributed by atoms with E-state index in [-0.39, 0.29) is 0 Å². The van der Waals surface area contributed by atoms with Crippen LogP contribution in [0.2, 0.25) is 0 Å². The Morgan fingerprint density at radius 3 is 2.37 bits per heavy atom. The number of benzene rings is 1. The first-order valence-electron chi connectivity index (χ1n) is 7.40. The van der Waals surface area contributed by atoms with Gasteiger partial charge in [-0.25, -0.2) is 0 Å². The van der Waals surface area contributed by atoms with Gasteiger partial charge in [0.05, 0.1) is 13.2 Å². The molecule has 19 heavy (non-hydrogen) atoms. The van der Waals surface area contributed by atoms with Crippen molar-refractivity contribution in [1.29, 1.82) is 0 Å². The van der Waals surface area contributed by atoms with Crippen molar-refractivity contribution in [3.63, 3.8) is 0 Å². The molecule has 1 fully saturated rings. The number of rotatable bonds is 5. The summed E-state index contributed by atoms with van der Waals surface area (Å²) >= 11 is 0. The summed E-state index contributed by atoms with van der Waals surface area (Å²) in [5.74, 6) is 0.693. The zero-order chi connectivity index (χ0) is 13.7. The Kier molecular flexibility index (Phi) is 5.08. The number of morpholine rings is 1. The number of anilines is 2. The summed E-state index contributed by atoms with van der Waals surface area (Å²) in [7, 11) is 0. The van der Waals surface area contributed by atoms with E-state index in [1.165, 1.54) is 17.8 Å². The zero-order valence-corrected chi connectivity index (χ0v) is 12.4. The average molecular weight is 262 g/mol. The van der Waals surface area contributed by atoms with Crippen LogP contribution in [0.1, 0.15) is 27.2 Å². The third-order valence-corrected chi connectivity index (χ3v) is 4.14. The van der Waals surface area contributed by atoms with E-state index >= 15 is 0 Å². The molecule has 0 saturated carbocycles. The summed E-state index contributed by atoms with van der Waals surface area (Å²) in [5.41, 5.74) is 2.51. The maximum atomic E-state index is 5.38. The summed E-state index contributed by atoms with van der Waals surface area (Å²) in [6.07, 6.45) is 1.21. The summed E-state index contributed by atoms with van der Waals surface area (Å²) in [5, 5.41) is 3.58. The third-order valence-electron chi connectivity index (χ3n) is 4.14. The van der Waals surface area contributed by atoms with Crippen LogP contribution in [-0.4, -0.2) is 32.3 Å². The number of ether oxygens (including phenoxy) is 1. The summed E-state index contributed by atoms with van der Waals surface area (Å²) in [6, 6.07) is 9.29. The van der Waals surface area contributed by atoms with Crippen molar-refractivity contribution in [3.8, 4) is 0 Å². The molecule has 2 atom stereocenters. The fraction of sp³-hybridized carbons (Fsp3) is 0.625. The van der Waals surface area contributed by atoms with Gasteiger partial charge >= 0.3 is 0 Å². The van der Waals surface area contributed by atoms with Gasteiger partial charge in [0.1, 0.15) is 0 Å². The lowest BCUT2D eigenvalue weighted by molar-refractivity contribution is 0.122. The van der Waals surface area contributed by atoms with E-state index in [4.69, 9.17) is 4.74 Å². The Labute approximate surface area is 116 Å². The van der Waals surface area contributed by atoms with Crippen molar-refractivity contribution in [2.24, 2.45) is 5.92 Å². The second kappa shape index (κ2) is 6.80. The highest BCUT2D eigenvalue weighted by atomic mass is 16.5. The Balaban J connectivity index is 1.94. The molecule has 0 aliphatic carbocycles. The molecule has 0 bridgehead atoms. The van der Waals surface area contributed by atoms with Crippen LogP contribution in [0.5, 0.6) is 0 Å². The zero-order valence-electron chi connectivity index (χ0n) is 12.4. The van der Waals surface area contributed by atoms with Crippen LogP contribution in [0.15, 0.2) is 24.3 Å². The monoisotopic (exact) mass is 262 g/mol. The molecule has 3 nitrogen and oxygen atoms in total. The number of nitrogens with zero attached hydrogens (tertiary/aromatic N) is 1. The minimum Gasteiger partial charge on any atom is -0.382 e. The Morgan fingerprint density at radius 1 is 1.16 bits per heavy atom. The van der Waals surface area contributed by atoms with Gasteiger partial charge in [0.2, 0.25) is 0 Å². The molecular formula is C16H26N2O. The highest BCUT2D eigenvalue weighted by Gasteiger charge is 2.12. The first kappa shape index (κ1) is 14.2. The molecule has 0 radical (unpaired) electrons. The van der Waals surface area contributed by atoms with E-state index in [0.29, 0.717) is 12.0 Å². The lowest BCUT2D eigenvalue weighted by Crippen LogP contribution is -2.36. The predicted molar refractivity (Wildman–Crippen MR) is 82.0 cm³/mol. The van der Waals surface area contributed by atoms with Gasteiger partial charge < -0.3 is 15.0 Å². The van der Waals surface area contributed by atoms with E-state index in [2.05, 4.69) is 55.3 Å².